The number of nitrogens with one attached hydrogen (secondary N) is 1. The van der Waals surface area contributed by atoms with Gasteiger partial charge in [0.25, 0.3) is 0 Å². The Morgan fingerprint density at radius 1 is 1.53 bits per heavy atom. The average molecular weight is 236 g/mol. The molecule has 1 rings (SSSR count). The number of hydrogen-bond acceptors (Lipinski definition) is 4. The molecule has 0 saturated carbocycles. The zero-order valence-corrected chi connectivity index (χ0v) is 10.2. The Bertz CT molecular complexity index is 279. The van der Waals surface area contributed by atoms with Crippen LogP contribution in [-0.4, -0.2) is 58.4 Å². The van der Waals surface area contributed by atoms with E-state index in [0.717, 1.165) is 19.4 Å². The lowest BCUT2D eigenvalue weighted by Crippen LogP contribution is -2.45. The number of nitrogens with zero attached hydrogens (tertiary/aromatic N) is 1. The number of sulfonamides is 1. The van der Waals surface area contributed by atoms with E-state index in [-0.39, 0.29) is 6.10 Å². The smallest absolute Gasteiger partial charge is 0.211 e. The second-order valence-electron chi connectivity index (χ2n) is 3.86. The maximum atomic E-state index is 11.3. The lowest BCUT2D eigenvalue weighted by atomic mass is 10.2. The second-order valence-corrected chi connectivity index (χ2v) is 5.84. The van der Waals surface area contributed by atoms with Crippen molar-refractivity contribution in [3.63, 3.8) is 0 Å². The first-order chi connectivity index (χ1) is 7.04. The van der Waals surface area contributed by atoms with Crippen molar-refractivity contribution in [2.75, 3.05) is 39.5 Å². The Morgan fingerprint density at radius 2 is 2.27 bits per heavy atom. The Hall–Kier alpha value is -0.170. The van der Waals surface area contributed by atoms with Crippen LogP contribution in [0.4, 0.5) is 0 Å². The normalized spacial score (nSPS) is 24.3. The fourth-order valence-corrected chi connectivity index (χ4v) is 2.52. The van der Waals surface area contributed by atoms with E-state index in [2.05, 4.69) is 5.32 Å². The Labute approximate surface area is 91.8 Å². The van der Waals surface area contributed by atoms with Crippen molar-refractivity contribution in [3.8, 4) is 0 Å². The highest BCUT2D eigenvalue weighted by Crippen LogP contribution is 2.12. The van der Waals surface area contributed by atoms with Crippen LogP contribution in [-0.2, 0) is 14.8 Å². The summed E-state index contributed by atoms with van der Waals surface area (Å²) in [5.74, 6) is 0. The van der Waals surface area contributed by atoms with E-state index in [4.69, 9.17) is 4.74 Å². The van der Waals surface area contributed by atoms with Crippen LogP contribution in [0.5, 0.6) is 0 Å². The van der Waals surface area contributed by atoms with Crippen molar-refractivity contribution in [2.45, 2.75) is 18.9 Å². The van der Waals surface area contributed by atoms with Gasteiger partial charge in [0, 0.05) is 13.1 Å². The highest BCUT2D eigenvalue weighted by Gasteiger charge is 2.25. The van der Waals surface area contributed by atoms with Gasteiger partial charge in [0.2, 0.25) is 10.0 Å². The highest BCUT2D eigenvalue weighted by molar-refractivity contribution is 7.88. The van der Waals surface area contributed by atoms with Gasteiger partial charge < -0.3 is 10.1 Å². The maximum Gasteiger partial charge on any atom is 0.211 e. The first-order valence-electron chi connectivity index (χ1n) is 5.25. The molecule has 1 aliphatic rings. The van der Waals surface area contributed by atoms with Gasteiger partial charge in [-0.05, 0) is 26.4 Å². The molecule has 1 fully saturated rings. The van der Waals surface area contributed by atoms with Gasteiger partial charge in [0.1, 0.15) is 0 Å². The van der Waals surface area contributed by atoms with Gasteiger partial charge >= 0.3 is 0 Å². The van der Waals surface area contributed by atoms with Crippen LogP contribution in [0.3, 0.4) is 0 Å². The van der Waals surface area contributed by atoms with Crippen LogP contribution < -0.4 is 5.32 Å². The van der Waals surface area contributed by atoms with Gasteiger partial charge in [-0.3, -0.25) is 0 Å². The number of hydrogen-bond donors (Lipinski definition) is 1. The standard InChI is InChI=1S/C9H20N2O3S/c1-10-5-3-4-9-8-11(6-7-14-9)15(2,12)13/h9-10H,3-8H2,1-2H3. The summed E-state index contributed by atoms with van der Waals surface area (Å²) in [6, 6.07) is 0. The molecule has 0 aromatic heterocycles. The molecule has 1 heterocycles. The van der Waals surface area contributed by atoms with Crippen molar-refractivity contribution < 1.29 is 13.2 Å². The molecule has 0 amide bonds. The summed E-state index contributed by atoms with van der Waals surface area (Å²) < 4.78 is 29.7. The summed E-state index contributed by atoms with van der Waals surface area (Å²) in [4.78, 5) is 0. The zero-order chi connectivity index (χ0) is 11.3. The molecule has 0 bridgehead atoms. The molecular weight excluding hydrogens is 216 g/mol. The highest BCUT2D eigenvalue weighted by atomic mass is 32.2. The summed E-state index contributed by atoms with van der Waals surface area (Å²) in [6.07, 6.45) is 3.23. The molecule has 0 aromatic carbocycles. The molecule has 1 saturated heterocycles. The monoisotopic (exact) mass is 236 g/mol. The third kappa shape index (κ3) is 4.46. The lowest BCUT2D eigenvalue weighted by Gasteiger charge is -2.31. The van der Waals surface area contributed by atoms with Gasteiger partial charge in [-0.1, -0.05) is 0 Å². The number of ether oxygens (including phenoxy) is 1. The molecule has 0 spiro atoms. The predicted molar refractivity (Wildman–Crippen MR) is 59.3 cm³/mol. The maximum absolute atomic E-state index is 11.3. The van der Waals surface area contributed by atoms with Crippen LogP contribution in [0, 0.1) is 0 Å². The quantitative estimate of drug-likeness (QED) is 0.663. The molecule has 1 unspecified atom stereocenters. The summed E-state index contributed by atoms with van der Waals surface area (Å²) in [5, 5.41) is 3.06. The first-order valence-corrected chi connectivity index (χ1v) is 7.10. The van der Waals surface area contributed by atoms with Gasteiger partial charge in [-0.25, -0.2) is 8.42 Å². The van der Waals surface area contributed by atoms with Gasteiger partial charge in [-0.15, -0.1) is 0 Å². The Morgan fingerprint density at radius 3 is 2.87 bits per heavy atom. The van der Waals surface area contributed by atoms with Crippen LogP contribution in [0.2, 0.25) is 0 Å². The number of rotatable bonds is 5. The minimum absolute atomic E-state index is 0.0572. The van der Waals surface area contributed by atoms with Crippen molar-refractivity contribution in [1.82, 2.24) is 9.62 Å². The molecular formula is C9H20N2O3S. The largest absolute Gasteiger partial charge is 0.375 e. The molecule has 1 atom stereocenters. The van der Waals surface area contributed by atoms with E-state index < -0.39 is 10.0 Å². The second kappa shape index (κ2) is 5.79. The fraction of sp³-hybridized carbons (Fsp3) is 1.00. The third-order valence-electron chi connectivity index (χ3n) is 2.52. The topological polar surface area (TPSA) is 58.6 Å². The molecule has 15 heavy (non-hydrogen) atoms. The molecule has 0 radical (unpaired) electrons. The third-order valence-corrected chi connectivity index (χ3v) is 3.79. The lowest BCUT2D eigenvalue weighted by molar-refractivity contribution is -0.00612. The van der Waals surface area contributed by atoms with Crippen LogP contribution in [0.25, 0.3) is 0 Å². The Kier molecular flexibility index (Phi) is 4.98. The van der Waals surface area contributed by atoms with E-state index in [1.54, 1.807) is 0 Å². The van der Waals surface area contributed by atoms with E-state index >= 15 is 0 Å². The van der Waals surface area contributed by atoms with Crippen molar-refractivity contribution in [2.24, 2.45) is 0 Å². The summed E-state index contributed by atoms with van der Waals surface area (Å²) >= 11 is 0. The van der Waals surface area contributed by atoms with Crippen LogP contribution in [0.1, 0.15) is 12.8 Å². The van der Waals surface area contributed by atoms with Gasteiger partial charge in [-0.2, -0.15) is 4.31 Å². The van der Waals surface area contributed by atoms with Crippen LogP contribution in [0.15, 0.2) is 0 Å². The van der Waals surface area contributed by atoms with E-state index in [1.165, 1.54) is 10.6 Å². The molecule has 0 aliphatic carbocycles. The molecule has 5 nitrogen and oxygen atoms in total. The number of morpholine rings is 1. The molecule has 90 valence electrons. The predicted octanol–water partition coefficient (Wildman–Crippen LogP) is -0.354. The molecule has 6 heteroatoms. The summed E-state index contributed by atoms with van der Waals surface area (Å²) in [7, 11) is -1.14. The van der Waals surface area contributed by atoms with Gasteiger partial charge in [0.05, 0.1) is 19.0 Å². The van der Waals surface area contributed by atoms with Crippen molar-refractivity contribution in [3.05, 3.63) is 0 Å². The van der Waals surface area contributed by atoms with E-state index in [9.17, 15) is 8.42 Å². The molecule has 0 aromatic rings. The minimum Gasteiger partial charge on any atom is -0.375 e. The van der Waals surface area contributed by atoms with E-state index in [0.29, 0.717) is 19.7 Å². The minimum atomic E-state index is -3.05. The molecule has 1 aliphatic heterocycles. The molecule has 1 N–H and O–H groups in total. The van der Waals surface area contributed by atoms with Crippen LogP contribution >= 0.6 is 0 Å². The van der Waals surface area contributed by atoms with Crippen molar-refractivity contribution in [1.29, 1.82) is 0 Å². The summed E-state index contributed by atoms with van der Waals surface area (Å²) in [6.45, 7) is 2.44. The SMILES string of the molecule is CNCCCC1CN(S(C)(=O)=O)CCO1. The summed E-state index contributed by atoms with van der Waals surface area (Å²) in [5.41, 5.74) is 0. The van der Waals surface area contributed by atoms with Gasteiger partial charge in [0.15, 0.2) is 0 Å². The average Bonchev–Trinajstić information content (AvgIpc) is 2.17. The van der Waals surface area contributed by atoms with E-state index in [1.807, 2.05) is 7.05 Å². The fourth-order valence-electron chi connectivity index (χ4n) is 1.67. The Balaban J connectivity index is 2.36. The zero-order valence-electron chi connectivity index (χ0n) is 9.40. The van der Waals surface area contributed by atoms with Crippen molar-refractivity contribution >= 4 is 10.0 Å². The first kappa shape index (κ1) is 12.9.